The van der Waals surface area contributed by atoms with Gasteiger partial charge >= 0.3 is 0 Å². The molecule has 0 atom stereocenters. The van der Waals surface area contributed by atoms with Crippen LogP contribution in [0, 0.1) is 15.9 Å². The average molecular weight is 330 g/mol. The van der Waals surface area contributed by atoms with Crippen LogP contribution in [0.25, 0.3) is 0 Å². The predicted octanol–water partition coefficient (Wildman–Crippen LogP) is 3.69. The molecule has 0 saturated heterocycles. The Morgan fingerprint density at radius 3 is 2.67 bits per heavy atom. The molecule has 0 spiro atoms. The summed E-state index contributed by atoms with van der Waals surface area (Å²) in [5.41, 5.74) is -0.666. The zero-order chi connectivity index (χ0) is 15.6. The molecule has 1 N–H and O–H groups in total. The lowest BCUT2D eigenvalue weighted by atomic mass is 10.2. The first-order valence-corrected chi connectivity index (χ1v) is 6.20. The van der Waals surface area contributed by atoms with Gasteiger partial charge in [-0.05, 0) is 24.3 Å². The molecule has 0 fully saturated rings. The van der Waals surface area contributed by atoms with Gasteiger partial charge in [-0.2, -0.15) is 0 Å². The van der Waals surface area contributed by atoms with Gasteiger partial charge in [0.2, 0.25) is 0 Å². The molecule has 2 aromatic rings. The van der Waals surface area contributed by atoms with E-state index >= 15 is 0 Å². The third-order valence-electron chi connectivity index (χ3n) is 2.47. The molecule has 1 aromatic heterocycles. The number of carbonyl (C=O) groups is 1. The number of pyridine rings is 1. The predicted molar refractivity (Wildman–Crippen MR) is 75.3 cm³/mol. The molecule has 108 valence electrons. The monoisotopic (exact) mass is 329 g/mol. The molecule has 0 radical (unpaired) electrons. The highest BCUT2D eigenvalue weighted by Crippen LogP contribution is 2.25. The van der Waals surface area contributed by atoms with E-state index in [0.29, 0.717) is 0 Å². The summed E-state index contributed by atoms with van der Waals surface area (Å²) in [7, 11) is 0. The number of aromatic nitrogens is 1. The van der Waals surface area contributed by atoms with E-state index in [1.54, 1.807) is 0 Å². The number of anilines is 1. The summed E-state index contributed by atoms with van der Waals surface area (Å²) in [4.78, 5) is 25.7. The molecule has 0 aliphatic heterocycles. The van der Waals surface area contributed by atoms with Crippen LogP contribution >= 0.6 is 23.2 Å². The van der Waals surface area contributed by atoms with Crippen molar-refractivity contribution < 1.29 is 14.1 Å². The fourth-order valence-corrected chi connectivity index (χ4v) is 1.90. The van der Waals surface area contributed by atoms with E-state index in [0.717, 1.165) is 24.4 Å². The minimum atomic E-state index is -0.806. The SMILES string of the molecule is O=C(Nc1ccc(F)cc1Cl)c1cc(Cl)ncc1[N+](=O)[O-]. The van der Waals surface area contributed by atoms with Crippen LogP contribution in [0.5, 0.6) is 0 Å². The van der Waals surface area contributed by atoms with Crippen LogP contribution in [-0.2, 0) is 0 Å². The maximum absolute atomic E-state index is 12.9. The molecule has 21 heavy (non-hydrogen) atoms. The summed E-state index contributed by atoms with van der Waals surface area (Å²) in [6, 6.07) is 4.40. The first-order chi connectivity index (χ1) is 9.88. The fourth-order valence-electron chi connectivity index (χ4n) is 1.53. The van der Waals surface area contributed by atoms with Gasteiger partial charge in [0.1, 0.15) is 22.7 Å². The fraction of sp³-hybridized carbons (Fsp3) is 0. The number of nitrogens with one attached hydrogen (secondary N) is 1. The standard InChI is InChI=1S/C12H6Cl2FN3O3/c13-8-3-6(15)1-2-9(8)17-12(19)7-4-11(14)16-5-10(7)18(20)21/h1-5H,(H,17,19). The quantitative estimate of drug-likeness (QED) is 0.528. The molecule has 9 heteroatoms. The third-order valence-corrected chi connectivity index (χ3v) is 2.99. The van der Waals surface area contributed by atoms with E-state index in [9.17, 15) is 19.3 Å². The highest BCUT2D eigenvalue weighted by atomic mass is 35.5. The van der Waals surface area contributed by atoms with Crippen molar-refractivity contribution in [1.82, 2.24) is 4.98 Å². The molecule has 0 aliphatic carbocycles. The number of halogens is 3. The maximum atomic E-state index is 12.9. The molecule has 0 unspecified atom stereocenters. The molecular formula is C12H6Cl2FN3O3. The smallest absolute Gasteiger partial charge is 0.300 e. The minimum Gasteiger partial charge on any atom is -0.320 e. The topological polar surface area (TPSA) is 85.1 Å². The normalized spacial score (nSPS) is 10.2. The third kappa shape index (κ3) is 3.45. The summed E-state index contributed by atoms with van der Waals surface area (Å²) in [5.74, 6) is -1.38. The van der Waals surface area contributed by atoms with Gasteiger partial charge in [-0.1, -0.05) is 23.2 Å². The van der Waals surface area contributed by atoms with Gasteiger partial charge in [0.25, 0.3) is 11.6 Å². The van der Waals surface area contributed by atoms with E-state index in [1.165, 1.54) is 6.07 Å². The number of benzene rings is 1. The number of hydrogen-bond acceptors (Lipinski definition) is 4. The summed E-state index contributed by atoms with van der Waals surface area (Å²) in [6.07, 6.45) is 0.878. The lowest BCUT2D eigenvalue weighted by molar-refractivity contribution is -0.385. The number of nitrogens with zero attached hydrogens (tertiary/aromatic N) is 2. The lowest BCUT2D eigenvalue weighted by Crippen LogP contribution is -2.14. The first-order valence-electron chi connectivity index (χ1n) is 5.45. The second-order valence-corrected chi connectivity index (χ2v) is 4.65. The van der Waals surface area contributed by atoms with Crippen LogP contribution in [-0.4, -0.2) is 15.8 Å². The Bertz CT molecular complexity index is 740. The number of carbonyl (C=O) groups excluding carboxylic acids is 1. The van der Waals surface area contributed by atoms with Crippen LogP contribution in [0.1, 0.15) is 10.4 Å². The zero-order valence-electron chi connectivity index (χ0n) is 10.1. The summed E-state index contributed by atoms with van der Waals surface area (Å²) in [5, 5.41) is 13.1. The molecule has 1 aromatic carbocycles. The Labute approximate surface area is 127 Å². The molecular weight excluding hydrogens is 324 g/mol. The van der Waals surface area contributed by atoms with Gasteiger partial charge < -0.3 is 5.32 Å². The van der Waals surface area contributed by atoms with E-state index in [4.69, 9.17) is 23.2 Å². The van der Waals surface area contributed by atoms with Gasteiger partial charge in [0.05, 0.1) is 15.6 Å². The number of amides is 1. The Morgan fingerprint density at radius 1 is 1.33 bits per heavy atom. The van der Waals surface area contributed by atoms with Crippen molar-refractivity contribution >= 4 is 40.5 Å². The van der Waals surface area contributed by atoms with E-state index in [-0.39, 0.29) is 21.4 Å². The molecule has 2 rings (SSSR count). The van der Waals surface area contributed by atoms with E-state index in [1.807, 2.05) is 0 Å². The molecule has 0 bridgehead atoms. The summed E-state index contributed by atoms with van der Waals surface area (Å²) >= 11 is 11.4. The highest BCUT2D eigenvalue weighted by molar-refractivity contribution is 6.34. The van der Waals surface area contributed by atoms with Crippen molar-refractivity contribution in [2.75, 3.05) is 5.32 Å². The van der Waals surface area contributed by atoms with Gasteiger partial charge in [-0.3, -0.25) is 14.9 Å². The van der Waals surface area contributed by atoms with Crippen molar-refractivity contribution in [3.8, 4) is 0 Å². The van der Waals surface area contributed by atoms with Gasteiger partial charge in [-0.25, -0.2) is 9.37 Å². The Balaban J connectivity index is 2.36. The van der Waals surface area contributed by atoms with Crippen molar-refractivity contribution in [3.05, 3.63) is 62.1 Å². The molecule has 0 saturated carbocycles. The Kier molecular flexibility index (Phi) is 4.35. The second-order valence-electron chi connectivity index (χ2n) is 3.86. The minimum absolute atomic E-state index is 0.0360. The first kappa shape index (κ1) is 15.1. The van der Waals surface area contributed by atoms with Gasteiger partial charge in [0.15, 0.2) is 0 Å². The lowest BCUT2D eigenvalue weighted by Gasteiger charge is -2.07. The van der Waals surface area contributed by atoms with E-state index < -0.39 is 22.3 Å². The summed E-state index contributed by atoms with van der Waals surface area (Å²) < 4.78 is 12.9. The van der Waals surface area contributed by atoms with Crippen molar-refractivity contribution in [2.45, 2.75) is 0 Å². The van der Waals surface area contributed by atoms with Crippen LogP contribution in [0.2, 0.25) is 10.2 Å². The second kappa shape index (κ2) is 6.02. The zero-order valence-corrected chi connectivity index (χ0v) is 11.7. The number of rotatable bonds is 3. The molecule has 6 nitrogen and oxygen atoms in total. The Morgan fingerprint density at radius 2 is 2.05 bits per heavy atom. The van der Waals surface area contributed by atoms with Gasteiger partial charge in [0, 0.05) is 0 Å². The number of hydrogen-bond donors (Lipinski definition) is 1. The van der Waals surface area contributed by atoms with Crippen LogP contribution in [0.3, 0.4) is 0 Å². The number of nitro groups is 1. The van der Waals surface area contributed by atoms with Crippen molar-refractivity contribution in [3.63, 3.8) is 0 Å². The van der Waals surface area contributed by atoms with E-state index in [2.05, 4.69) is 10.3 Å². The highest BCUT2D eigenvalue weighted by Gasteiger charge is 2.22. The largest absolute Gasteiger partial charge is 0.320 e. The Hall–Kier alpha value is -2.25. The summed E-state index contributed by atoms with van der Waals surface area (Å²) in [6.45, 7) is 0. The maximum Gasteiger partial charge on any atom is 0.300 e. The van der Waals surface area contributed by atoms with Crippen LogP contribution in [0.15, 0.2) is 30.5 Å². The van der Waals surface area contributed by atoms with Crippen molar-refractivity contribution in [2.24, 2.45) is 0 Å². The average Bonchev–Trinajstić information content (AvgIpc) is 2.41. The van der Waals surface area contributed by atoms with Gasteiger partial charge in [-0.15, -0.1) is 0 Å². The molecule has 1 heterocycles. The molecule has 1 amide bonds. The van der Waals surface area contributed by atoms with Crippen molar-refractivity contribution in [1.29, 1.82) is 0 Å². The van der Waals surface area contributed by atoms with Crippen LogP contribution in [0.4, 0.5) is 15.8 Å². The van der Waals surface area contributed by atoms with Crippen LogP contribution < -0.4 is 5.32 Å². The molecule has 0 aliphatic rings.